The van der Waals surface area contributed by atoms with E-state index in [0.717, 1.165) is 35.3 Å². The summed E-state index contributed by atoms with van der Waals surface area (Å²) in [4.78, 5) is 41.2. The number of ether oxygens (including phenoxy) is 1. The molecule has 2 atom stereocenters. The maximum atomic E-state index is 13.9. The summed E-state index contributed by atoms with van der Waals surface area (Å²) in [5.74, 6) is -0.996. The average Bonchev–Trinajstić information content (AvgIpc) is 2.88. The Hall–Kier alpha value is -4.05. The molecule has 0 spiro atoms. The molecule has 0 aliphatic heterocycles. The molecule has 2 aromatic carbocycles. The Morgan fingerprint density at radius 3 is 2.42 bits per heavy atom. The van der Waals surface area contributed by atoms with E-state index in [-0.39, 0.29) is 6.42 Å². The van der Waals surface area contributed by atoms with E-state index < -0.39 is 35.6 Å². The molecule has 2 unspecified atom stereocenters. The average molecular weight is 518 g/mol. The lowest BCUT2D eigenvalue weighted by Gasteiger charge is -2.30. The molecule has 0 aliphatic carbocycles. The lowest BCUT2D eigenvalue weighted by atomic mass is 9.99. The zero-order valence-electron chi connectivity index (χ0n) is 22.8. The fourth-order valence-electron chi connectivity index (χ4n) is 3.89. The van der Waals surface area contributed by atoms with Gasteiger partial charge in [0.1, 0.15) is 17.7 Å². The third-order valence-corrected chi connectivity index (χ3v) is 5.70. The van der Waals surface area contributed by atoms with Gasteiger partial charge in [-0.2, -0.15) is 0 Å². The molecule has 0 heterocycles. The smallest absolute Gasteiger partial charge is 0.408 e. The molecule has 0 aliphatic rings. The van der Waals surface area contributed by atoms with Crippen LogP contribution in [-0.2, 0) is 20.7 Å². The van der Waals surface area contributed by atoms with Crippen LogP contribution < -0.4 is 10.6 Å². The number of hydrogen-bond acceptors (Lipinski definition) is 4. The lowest BCUT2D eigenvalue weighted by molar-refractivity contribution is -0.138. The third kappa shape index (κ3) is 9.44. The summed E-state index contributed by atoms with van der Waals surface area (Å²) in [5, 5.41) is 5.59. The number of hydrogen-bond donors (Lipinski definition) is 2. The summed E-state index contributed by atoms with van der Waals surface area (Å²) in [7, 11) is 0. The Bertz CT molecular complexity index is 1130. The standard InChI is InChI=1S/C31H39N3O4/c1-7-10-14-20-32-28(35)27(25-19-15-18-23(8-2)21-25)34(9-3)29(36)26(22-24-16-12-11-13-17-24)33-30(37)38-31(4,5)6/h3,8,11-13,15-19,21,26-27H,2,7,10,14,20,22H2,1,4-6H3,(H,32,35)(H,33,37). The van der Waals surface area contributed by atoms with Crippen molar-refractivity contribution >= 4 is 24.0 Å². The number of alkyl carbamates (subject to hydrolysis) is 1. The van der Waals surface area contributed by atoms with Crippen molar-refractivity contribution in [1.82, 2.24) is 15.5 Å². The van der Waals surface area contributed by atoms with Gasteiger partial charge in [-0.05, 0) is 49.9 Å². The van der Waals surface area contributed by atoms with Gasteiger partial charge < -0.3 is 15.4 Å². The summed E-state index contributed by atoms with van der Waals surface area (Å²) >= 11 is 0. The largest absolute Gasteiger partial charge is 0.444 e. The first-order chi connectivity index (χ1) is 18.1. The normalized spacial score (nSPS) is 12.4. The van der Waals surface area contributed by atoms with Crippen molar-refractivity contribution in [2.75, 3.05) is 6.54 Å². The summed E-state index contributed by atoms with van der Waals surface area (Å²) in [6, 6.07) is 16.6. The van der Waals surface area contributed by atoms with E-state index in [2.05, 4.69) is 30.2 Å². The van der Waals surface area contributed by atoms with Crippen molar-refractivity contribution in [3.8, 4) is 12.5 Å². The van der Waals surface area contributed by atoms with Gasteiger partial charge in [0.15, 0.2) is 0 Å². The molecule has 0 saturated carbocycles. The van der Waals surface area contributed by atoms with Crippen LogP contribution in [0.15, 0.2) is 61.2 Å². The maximum Gasteiger partial charge on any atom is 0.408 e. The fourth-order valence-corrected chi connectivity index (χ4v) is 3.89. The van der Waals surface area contributed by atoms with Crippen LogP contribution in [0.5, 0.6) is 0 Å². The zero-order valence-corrected chi connectivity index (χ0v) is 22.8. The first-order valence-corrected chi connectivity index (χ1v) is 12.9. The van der Waals surface area contributed by atoms with Gasteiger partial charge in [0.2, 0.25) is 5.91 Å². The molecule has 2 aromatic rings. The van der Waals surface area contributed by atoms with E-state index in [1.54, 1.807) is 45.0 Å². The van der Waals surface area contributed by atoms with Gasteiger partial charge in [-0.3, -0.25) is 14.5 Å². The number of unbranched alkanes of at least 4 members (excludes halogenated alkanes) is 2. The van der Waals surface area contributed by atoms with E-state index in [4.69, 9.17) is 11.2 Å². The van der Waals surface area contributed by atoms with Crippen molar-refractivity contribution in [3.63, 3.8) is 0 Å². The van der Waals surface area contributed by atoms with E-state index in [1.165, 1.54) is 0 Å². The van der Waals surface area contributed by atoms with Crippen LogP contribution in [0, 0.1) is 12.5 Å². The minimum atomic E-state index is -1.10. The SMILES string of the molecule is C#CN(C(=O)C(Cc1ccccc1)NC(=O)OC(C)(C)C)C(C(=O)NCCCCC)c1cccc(C=C)c1. The van der Waals surface area contributed by atoms with Gasteiger partial charge in [-0.15, -0.1) is 0 Å². The number of benzene rings is 2. The summed E-state index contributed by atoms with van der Waals surface area (Å²) in [6.45, 7) is 11.5. The highest BCUT2D eigenvalue weighted by Gasteiger charge is 2.36. The molecule has 0 bridgehead atoms. The summed E-state index contributed by atoms with van der Waals surface area (Å²) < 4.78 is 5.41. The summed E-state index contributed by atoms with van der Waals surface area (Å²) in [5.41, 5.74) is 1.37. The number of terminal acetylenes is 1. The number of carbonyl (C=O) groups is 3. The number of nitrogens with one attached hydrogen (secondary N) is 2. The van der Waals surface area contributed by atoms with Gasteiger partial charge >= 0.3 is 6.09 Å². The predicted molar refractivity (Wildman–Crippen MR) is 151 cm³/mol. The molecule has 0 radical (unpaired) electrons. The molecule has 0 saturated heterocycles. The molecule has 202 valence electrons. The highest BCUT2D eigenvalue weighted by atomic mass is 16.6. The van der Waals surface area contributed by atoms with Crippen LogP contribution >= 0.6 is 0 Å². The van der Waals surface area contributed by atoms with Crippen molar-refractivity contribution in [2.45, 2.75) is 71.1 Å². The number of amides is 3. The topological polar surface area (TPSA) is 87.7 Å². The summed E-state index contributed by atoms with van der Waals surface area (Å²) in [6.07, 6.45) is 9.72. The second kappa shape index (κ2) is 14.6. The molecule has 7 heteroatoms. The van der Waals surface area contributed by atoms with E-state index in [1.807, 2.05) is 36.4 Å². The number of nitrogens with zero attached hydrogens (tertiary/aromatic N) is 1. The van der Waals surface area contributed by atoms with Crippen LogP contribution in [0.2, 0.25) is 0 Å². The Morgan fingerprint density at radius 1 is 1.11 bits per heavy atom. The Morgan fingerprint density at radius 2 is 1.82 bits per heavy atom. The minimum absolute atomic E-state index is 0.161. The monoisotopic (exact) mass is 517 g/mol. The Labute approximate surface area is 226 Å². The lowest BCUT2D eigenvalue weighted by Crippen LogP contribution is -2.52. The molecular weight excluding hydrogens is 478 g/mol. The van der Waals surface area contributed by atoms with Crippen molar-refractivity contribution in [2.24, 2.45) is 0 Å². The highest BCUT2D eigenvalue weighted by molar-refractivity contribution is 5.93. The molecule has 7 nitrogen and oxygen atoms in total. The molecule has 2 rings (SSSR count). The van der Waals surface area contributed by atoms with Gasteiger partial charge in [0.25, 0.3) is 5.91 Å². The van der Waals surface area contributed by atoms with E-state index >= 15 is 0 Å². The van der Waals surface area contributed by atoms with Gasteiger partial charge in [0, 0.05) is 19.0 Å². The van der Waals surface area contributed by atoms with Crippen LogP contribution in [-0.4, -0.2) is 41.0 Å². The molecule has 38 heavy (non-hydrogen) atoms. The zero-order chi connectivity index (χ0) is 28.1. The van der Waals surface area contributed by atoms with Crippen molar-refractivity contribution < 1.29 is 19.1 Å². The predicted octanol–water partition coefficient (Wildman–Crippen LogP) is 5.23. The fraction of sp³-hybridized carbons (Fsp3) is 0.387. The molecule has 0 aromatic heterocycles. The quantitative estimate of drug-likeness (QED) is 0.229. The van der Waals surface area contributed by atoms with Crippen LogP contribution in [0.4, 0.5) is 4.79 Å². The maximum absolute atomic E-state index is 13.9. The third-order valence-electron chi connectivity index (χ3n) is 5.70. The van der Waals surface area contributed by atoms with Crippen LogP contribution in [0.3, 0.4) is 0 Å². The first kappa shape index (κ1) is 30.2. The number of rotatable bonds is 12. The van der Waals surface area contributed by atoms with E-state index in [9.17, 15) is 14.4 Å². The van der Waals surface area contributed by atoms with Crippen molar-refractivity contribution in [1.29, 1.82) is 0 Å². The Kier molecular flexibility index (Phi) is 11.6. The van der Waals surface area contributed by atoms with Gasteiger partial charge in [-0.25, -0.2) is 4.79 Å². The van der Waals surface area contributed by atoms with Gasteiger partial charge in [0.05, 0.1) is 0 Å². The molecule has 2 N–H and O–H groups in total. The Balaban J connectivity index is 2.45. The van der Waals surface area contributed by atoms with Crippen LogP contribution in [0.25, 0.3) is 6.08 Å². The molecule has 0 fully saturated rings. The number of carbonyl (C=O) groups excluding carboxylic acids is 3. The first-order valence-electron chi connectivity index (χ1n) is 12.9. The molecule has 3 amide bonds. The van der Waals surface area contributed by atoms with Crippen LogP contribution in [0.1, 0.15) is 69.7 Å². The van der Waals surface area contributed by atoms with Crippen molar-refractivity contribution in [3.05, 3.63) is 77.9 Å². The molecular formula is C31H39N3O4. The van der Waals surface area contributed by atoms with E-state index in [0.29, 0.717) is 12.1 Å². The second-order valence-electron chi connectivity index (χ2n) is 10.0. The van der Waals surface area contributed by atoms with Gasteiger partial charge in [-0.1, -0.05) is 87.4 Å². The second-order valence-corrected chi connectivity index (χ2v) is 10.0. The highest BCUT2D eigenvalue weighted by Crippen LogP contribution is 2.24. The minimum Gasteiger partial charge on any atom is -0.444 e.